The molecule has 0 atom stereocenters. The summed E-state index contributed by atoms with van der Waals surface area (Å²) in [5.41, 5.74) is 2.16. The van der Waals surface area contributed by atoms with Gasteiger partial charge in [0.2, 0.25) is 5.91 Å². The van der Waals surface area contributed by atoms with E-state index >= 15 is 0 Å². The summed E-state index contributed by atoms with van der Waals surface area (Å²) in [6.07, 6.45) is 1.01. The van der Waals surface area contributed by atoms with E-state index in [0.29, 0.717) is 22.8 Å². The maximum absolute atomic E-state index is 13.1. The van der Waals surface area contributed by atoms with Gasteiger partial charge in [-0.1, -0.05) is 6.07 Å². The minimum absolute atomic E-state index is 0. The Kier molecular flexibility index (Phi) is 5.68. The Hall–Kier alpha value is -3.33. The molecule has 166 valence electrons. The summed E-state index contributed by atoms with van der Waals surface area (Å²) < 4.78 is 42.5. The second kappa shape index (κ2) is 8.31. The average Bonchev–Trinajstić information content (AvgIpc) is 3.32. The Morgan fingerprint density at radius 3 is 2.53 bits per heavy atom. The van der Waals surface area contributed by atoms with Crippen LogP contribution < -0.4 is 5.32 Å². The molecule has 1 fully saturated rings. The molecule has 4 aromatic rings. The van der Waals surface area contributed by atoms with Gasteiger partial charge < -0.3 is 9.72 Å². The van der Waals surface area contributed by atoms with Crippen LogP contribution in [0.25, 0.3) is 11.3 Å². The third-order valence-corrected chi connectivity index (χ3v) is 5.17. The summed E-state index contributed by atoms with van der Waals surface area (Å²) >= 11 is 0. The molecule has 10 heteroatoms. The molecule has 0 saturated heterocycles. The fraction of sp³-hybridized carbons (Fsp3) is 0.227. The summed E-state index contributed by atoms with van der Waals surface area (Å²) in [4.78, 5) is 16.8. The van der Waals surface area contributed by atoms with Gasteiger partial charge in [-0.2, -0.15) is 18.3 Å². The second-order valence-corrected chi connectivity index (χ2v) is 7.61. The average molecular weight is 462 g/mol. The van der Waals surface area contributed by atoms with Crippen molar-refractivity contribution in [3.8, 4) is 5.69 Å². The van der Waals surface area contributed by atoms with E-state index in [0.717, 1.165) is 24.6 Å². The van der Waals surface area contributed by atoms with Crippen LogP contribution in [0.4, 0.5) is 18.9 Å². The van der Waals surface area contributed by atoms with Crippen molar-refractivity contribution in [3.63, 3.8) is 0 Å². The molecule has 0 bridgehead atoms. The third kappa shape index (κ3) is 4.47. The predicted octanol–water partition coefficient (Wildman–Crippen LogP) is 5.02. The number of anilines is 1. The van der Waals surface area contributed by atoms with Gasteiger partial charge in [0.15, 0.2) is 5.69 Å². The first-order chi connectivity index (χ1) is 14.9. The van der Waals surface area contributed by atoms with Crippen molar-refractivity contribution < 1.29 is 18.0 Å². The van der Waals surface area contributed by atoms with Gasteiger partial charge in [-0.3, -0.25) is 4.79 Å². The van der Waals surface area contributed by atoms with E-state index in [2.05, 4.69) is 15.4 Å². The predicted molar refractivity (Wildman–Crippen MR) is 115 cm³/mol. The molecule has 0 aliphatic heterocycles. The third-order valence-electron chi connectivity index (χ3n) is 5.17. The zero-order chi connectivity index (χ0) is 21.6. The SMILES string of the molecule is Cl.O=C(Cc1cn2ccccc2n1)Nc1ccc(-n2nc(C(F)(F)F)cc2C2CC2)cc1. The van der Waals surface area contributed by atoms with Crippen LogP contribution >= 0.6 is 12.4 Å². The zero-order valence-corrected chi connectivity index (χ0v) is 17.5. The van der Waals surface area contributed by atoms with Crippen molar-refractivity contribution in [1.29, 1.82) is 0 Å². The number of hydrogen-bond donors (Lipinski definition) is 1. The van der Waals surface area contributed by atoms with Crippen LogP contribution in [0.2, 0.25) is 0 Å². The number of halogens is 4. The number of pyridine rings is 1. The number of carbonyl (C=O) groups excluding carboxylic acids is 1. The molecule has 1 aliphatic rings. The van der Waals surface area contributed by atoms with E-state index in [-0.39, 0.29) is 30.7 Å². The monoisotopic (exact) mass is 461 g/mol. The van der Waals surface area contributed by atoms with E-state index in [4.69, 9.17) is 0 Å². The lowest BCUT2D eigenvalue weighted by Gasteiger charge is -2.09. The molecule has 1 aliphatic carbocycles. The lowest BCUT2D eigenvalue weighted by molar-refractivity contribution is -0.141. The van der Waals surface area contributed by atoms with Crippen molar-refractivity contribution in [2.75, 3.05) is 5.32 Å². The molecule has 1 N–H and O–H groups in total. The van der Waals surface area contributed by atoms with E-state index in [1.165, 1.54) is 4.68 Å². The largest absolute Gasteiger partial charge is 0.435 e. The molecule has 1 amide bonds. The molecule has 32 heavy (non-hydrogen) atoms. The normalized spacial score (nSPS) is 13.7. The van der Waals surface area contributed by atoms with Crippen LogP contribution in [0.5, 0.6) is 0 Å². The lowest BCUT2D eigenvalue weighted by Crippen LogP contribution is -2.14. The van der Waals surface area contributed by atoms with E-state index < -0.39 is 11.9 Å². The van der Waals surface area contributed by atoms with Crippen molar-refractivity contribution in [3.05, 3.63) is 78.0 Å². The number of hydrogen-bond acceptors (Lipinski definition) is 3. The molecule has 5 rings (SSSR count). The van der Waals surface area contributed by atoms with Gasteiger partial charge in [0.25, 0.3) is 0 Å². The Bertz CT molecular complexity index is 1230. The standard InChI is InChI=1S/C22H18F3N5O.ClH/c23-22(24,25)19-12-18(14-4-5-14)30(28-19)17-8-6-15(7-9-17)27-21(31)11-16-13-29-10-2-1-3-20(29)26-16;/h1-3,6-10,12-14H,4-5,11H2,(H,27,31);1H. The molecule has 0 unspecified atom stereocenters. The molecule has 1 saturated carbocycles. The topological polar surface area (TPSA) is 64.2 Å². The highest BCUT2D eigenvalue weighted by molar-refractivity contribution is 5.92. The van der Waals surface area contributed by atoms with Crippen molar-refractivity contribution >= 4 is 29.6 Å². The lowest BCUT2D eigenvalue weighted by atomic mass is 10.2. The quantitative estimate of drug-likeness (QED) is 0.454. The van der Waals surface area contributed by atoms with Crippen LogP contribution in [0.1, 0.15) is 35.8 Å². The van der Waals surface area contributed by atoms with Gasteiger partial charge in [-0.15, -0.1) is 12.4 Å². The highest BCUT2D eigenvalue weighted by Crippen LogP contribution is 2.43. The van der Waals surface area contributed by atoms with Gasteiger partial charge in [-0.05, 0) is 55.3 Å². The fourth-order valence-electron chi connectivity index (χ4n) is 3.54. The molecule has 0 spiro atoms. The summed E-state index contributed by atoms with van der Waals surface area (Å²) in [6, 6.07) is 13.4. The van der Waals surface area contributed by atoms with Crippen LogP contribution in [0.15, 0.2) is 60.9 Å². The van der Waals surface area contributed by atoms with E-state index in [1.807, 2.05) is 28.8 Å². The first-order valence-electron chi connectivity index (χ1n) is 9.87. The number of carbonyl (C=O) groups is 1. The van der Waals surface area contributed by atoms with Gasteiger partial charge >= 0.3 is 6.18 Å². The molecule has 0 radical (unpaired) electrons. The Morgan fingerprint density at radius 1 is 1.12 bits per heavy atom. The highest BCUT2D eigenvalue weighted by Gasteiger charge is 2.38. The first kappa shape index (κ1) is 21.9. The molecule has 6 nitrogen and oxygen atoms in total. The minimum atomic E-state index is -4.49. The number of nitrogens with one attached hydrogen (secondary N) is 1. The molecular weight excluding hydrogens is 443 g/mol. The van der Waals surface area contributed by atoms with Crippen LogP contribution in [-0.4, -0.2) is 25.1 Å². The van der Waals surface area contributed by atoms with Crippen molar-refractivity contribution in [2.24, 2.45) is 0 Å². The first-order valence-corrected chi connectivity index (χ1v) is 9.87. The smallest absolute Gasteiger partial charge is 0.326 e. The number of amides is 1. The van der Waals surface area contributed by atoms with Crippen LogP contribution in [0, 0.1) is 0 Å². The van der Waals surface area contributed by atoms with E-state index in [9.17, 15) is 18.0 Å². The van der Waals surface area contributed by atoms with Gasteiger partial charge in [-0.25, -0.2) is 9.67 Å². The Balaban J connectivity index is 0.00000245. The summed E-state index contributed by atoms with van der Waals surface area (Å²) in [5.74, 6) is -0.123. The zero-order valence-electron chi connectivity index (χ0n) is 16.7. The number of imidazole rings is 1. The maximum atomic E-state index is 13.1. The van der Waals surface area contributed by atoms with Crippen molar-refractivity contribution in [2.45, 2.75) is 31.4 Å². The van der Waals surface area contributed by atoms with Gasteiger partial charge in [0.1, 0.15) is 5.65 Å². The Morgan fingerprint density at radius 2 is 1.88 bits per heavy atom. The van der Waals surface area contributed by atoms with E-state index in [1.54, 1.807) is 30.5 Å². The summed E-state index contributed by atoms with van der Waals surface area (Å²) in [7, 11) is 0. The number of fused-ring (bicyclic) bond motifs is 1. The summed E-state index contributed by atoms with van der Waals surface area (Å²) in [6.45, 7) is 0. The number of alkyl halides is 3. The van der Waals surface area contributed by atoms with Gasteiger partial charge in [0.05, 0.1) is 17.8 Å². The maximum Gasteiger partial charge on any atom is 0.435 e. The minimum Gasteiger partial charge on any atom is -0.326 e. The number of aromatic nitrogens is 4. The fourth-order valence-corrected chi connectivity index (χ4v) is 3.54. The highest BCUT2D eigenvalue weighted by atomic mass is 35.5. The molecule has 1 aromatic carbocycles. The Labute approximate surface area is 187 Å². The molecule has 3 heterocycles. The summed E-state index contributed by atoms with van der Waals surface area (Å²) in [5, 5.41) is 6.57. The molecular formula is C22H19ClF3N5O. The van der Waals surface area contributed by atoms with Crippen LogP contribution in [-0.2, 0) is 17.4 Å². The second-order valence-electron chi connectivity index (χ2n) is 7.61. The number of nitrogens with zero attached hydrogens (tertiary/aromatic N) is 4. The van der Waals surface area contributed by atoms with Crippen LogP contribution in [0.3, 0.4) is 0 Å². The van der Waals surface area contributed by atoms with Gasteiger partial charge in [0, 0.05) is 29.7 Å². The molecule has 3 aromatic heterocycles. The van der Waals surface area contributed by atoms with Crippen molar-refractivity contribution in [1.82, 2.24) is 19.2 Å². The number of benzene rings is 1. The number of rotatable bonds is 5.